The van der Waals surface area contributed by atoms with Crippen LogP contribution in [0.4, 0.5) is 0 Å². The van der Waals surface area contributed by atoms with Gasteiger partial charge in [0.15, 0.2) is 0 Å². The molecule has 5 heteroatoms. The van der Waals surface area contributed by atoms with Gasteiger partial charge >= 0.3 is 0 Å². The first-order valence-electron chi connectivity index (χ1n) is 6.69. The molecule has 3 heterocycles. The van der Waals surface area contributed by atoms with Gasteiger partial charge in [0.05, 0.1) is 17.6 Å². The first-order valence-corrected chi connectivity index (χ1v) is 6.69. The highest BCUT2D eigenvalue weighted by Crippen LogP contribution is 2.26. The van der Waals surface area contributed by atoms with Crippen molar-refractivity contribution >= 4 is 0 Å². The average molecular weight is 280 g/mol. The molecule has 106 valence electrons. The van der Waals surface area contributed by atoms with Crippen molar-refractivity contribution < 1.29 is 4.74 Å². The molecule has 0 radical (unpaired) electrons. The Morgan fingerprint density at radius 2 is 2.00 bits per heavy atom. The zero-order chi connectivity index (χ0) is 14.8. The van der Waals surface area contributed by atoms with Crippen LogP contribution in [0.15, 0.2) is 42.9 Å². The van der Waals surface area contributed by atoms with E-state index in [1.807, 2.05) is 51.4 Å². The van der Waals surface area contributed by atoms with E-state index in [0.29, 0.717) is 0 Å². The Morgan fingerprint density at radius 3 is 2.71 bits per heavy atom. The molecule has 0 unspecified atom stereocenters. The van der Waals surface area contributed by atoms with Crippen LogP contribution in [-0.4, -0.2) is 19.7 Å². The summed E-state index contributed by atoms with van der Waals surface area (Å²) >= 11 is 0. The van der Waals surface area contributed by atoms with Gasteiger partial charge in [0.2, 0.25) is 0 Å². The lowest BCUT2D eigenvalue weighted by Crippen LogP contribution is -1.93. The fourth-order valence-corrected chi connectivity index (χ4v) is 2.09. The first kappa shape index (κ1) is 13.3. The lowest BCUT2D eigenvalue weighted by Gasteiger charge is -2.09. The van der Waals surface area contributed by atoms with Gasteiger partial charge in [-0.1, -0.05) is 0 Å². The van der Waals surface area contributed by atoms with E-state index in [0.717, 1.165) is 34.1 Å². The van der Waals surface area contributed by atoms with Crippen molar-refractivity contribution in [3.05, 3.63) is 54.2 Å². The topological polar surface area (TPSA) is 52.8 Å². The maximum atomic E-state index is 5.90. The summed E-state index contributed by atoms with van der Waals surface area (Å²) in [5.74, 6) is 1.49. The minimum Gasteiger partial charge on any atom is -0.455 e. The molecule has 3 rings (SSSR count). The fraction of sp³-hybridized carbons (Fsp3) is 0.188. The molecule has 3 aromatic heterocycles. The monoisotopic (exact) mass is 280 g/mol. The number of aromatic nitrogens is 4. The zero-order valence-corrected chi connectivity index (χ0v) is 12.2. The molecule has 0 spiro atoms. The van der Waals surface area contributed by atoms with E-state index in [2.05, 4.69) is 15.1 Å². The molecule has 3 aromatic rings. The van der Waals surface area contributed by atoms with E-state index in [-0.39, 0.29) is 0 Å². The number of rotatable bonds is 3. The normalized spacial score (nSPS) is 10.6. The predicted octanol–water partition coefficient (Wildman–Crippen LogP) is 3.29. The van der Waals surface area contributed by atoms with Crippen molar-refractivity contribution in [2.75, 3.05) is 0 Å². The highest BCUT2D eigenvalue weighted by molar-refractivity contribution is 5.58. The number of hydrogen-bond donors (Lipinski definition) is 0. The third kappa shape index (κ3) is 2.91. The van der Waals surface area contributed by atoms with Gasteiger partial charge in [0.25, 0.3) is 0 Å². The van der Waals surface area contributed by atoms with Gasteiger partial charge in [-0.3, -0.25) is 14.6 Å². The number of nitrogens with zero attached hydrogens (tertiary/aromatic N) is 4. The minimum absolute atomic E-state index is 0.734. The van der Waals surface area contributed by atoms with Crippen LogP contribution in [-0.2, 0) is 7.05 Å². The van der Waals surface area contributed by atoms with Crippen LogP contribution in [0.3, 0.4) is 0 Å². The van der Waals surface area contributed by atoms with E-state index in [1.54, 1.807) is 17.1 Å². The molecule has 0 saturated carbocycles. The fourth-order valence-electron chi connectivity index (χ4n) is 2.09. The highest BCUT2D eigenvalue weighted by Gasteiger charge is 2.06. The third-order valence-corrected chi connectivity index (χ3v) is 3.14. The molecule has 0 amide bonds. The van der Waals surface area contributed by atoms with Crippen molar-refractivity contribution in [1.82, 2.24) is 19.7 Å². The molecule has 0 fully saturated rings. The second kappa shape index (κ2) is 5.36. The van der Waals surface area contributed by atoms with Crippen molar-refractivity contribution in [3.63, 3.8) is 0 Å². The summed E-state index contributed by atoms with van der Waals surface area (Å²) < 4.78 is 7.65. The van der Waals surface area contributed by atoms with Gasteiger partial charge in [-0.15, -0.1) is 0 Å². The van der Waals surface area contributed by atoms with E-state index in [9.17, 15) is 0 Å². The predicted molar refractivity (Wildman–Crippen MR) is 80.2 cm³/mol. The third-order valence-electron chi connectivity index (χ3n) is 3.14. The van der Waals surface area contributed by atoms with Gasteiger partial charge in [0.1, 0.15) is 11.5 Å². The Bertz CT molecular complexity index is 779. The lowest BCUT2D eigenvalue weighted by molar-refractivity contribution is 0.475. The molecule has 0 N–H and O–H groups in total. The Kier molecular flexibility index (Phi) is 3.39. The van der Waals surface area contributed by atoms with Gasteiger partial charge in [0, 0.05) is 36.8 Å². The van der Waals surface area contributed by atoms with E-state index >= 15 is 0 Å². The molecular weight excluding hydrogens is 264 g/mol. The molecule has 0 aliphatic heterocycles. The maximum Gasteiger partial charge on any atom is 0.148 e. The summed E-state index contributed by atoms with van der Waals surface area (Å²) in [6, 6.07) is 7.60. The Hall–Kier alpha value is -2.69. The zero-order valence-electron chi connectivity index (χ0n) is 12.2. The summed E-state index contributed by atoms with van der Waals surface area (Å²) in [5.41, 5.74) is 3.64. The van der Waals surface area contributed by atoms with Gasteiger partial charge in [-0.25, -0.2) is 0 Å². The Balaban J connectivity index is 1.89. The van der Waals surface area contributed by atoms with Crippen molar-refractivity contribution in [2.45, 2.75) is 13.8 Å². The molecule has 21 heavy (non-hydrogen) atoms. The maximum absolute atomic E-state index is 5.90. The number of ether oxygens (including phenoxy) is 1. The quantitative estimate of drug-likeness (QED) is 0.738. The second-order valence-electron chi connectivity index (χ2n) is 4.92. The summed E-state index contributed by atoms with van der Waals surface area (Å²) in [6.07, 6.45) is 5.43. The van der Waals surface area contributed by atoms with E-state index in [4.69, 9.17) is 4.74 Å². The summed E-state index contributed by atoms with van der Waals surface area (Å²) in [6.45, 7) is 3.90. The van der Waals surface area contributed by atoms with E-state index in [1.165, 1.54) is 0 Å². The summed E-state index contributed by atoms with van der Waals surface area (Å²) in [5, 5.41) is 4.16. The van der Waals surface area contributed by atoms with Crippen molar-refractivity contribution in [1.29, 1.82) is 0 Å². The molecular formula is C16H16N4O. The van der Waals surface area contributed by atoms with Crippen LogP contribution in [0.25, 0.3) is 11.3 Å². The molecule has 0 aromatic carbocycles. The van der Waals surface area contributed by atoms with E-state index < -0.39 is 0 Å². The molecule has 0 aliphatic rings. The molecule has 5 nitrogen and oxygen atoms in total. The first-order chi connectivity index (χ1) is 10.1. The number of hydrogen-bond acceptors (Lipinski definition) is 4. The largest absolute Gasteiger partial charge is 0.455 e. The average Bonchev–Trinajstić information content (AvgIpc) is 2.89. The molecule has 0 atom stereocenters. The second-order valence-corrected chi connectivity index (χ2v) is 4.92. The molecule has 0 bridgehead atoms. The number of aryl methyl sites for hydroxylation is 3. The summed E-state index contributed by atoms with van der Waals surface area (Å²) in [4.78, 5) is 8.75. The lowest BCUT2D eigenvalue weighted by atomic mass is 10.2. The standard InChI is InChI=1S/C16H16N4O/c1-11-4-5-16(12(2)19-11)21-14-6-7-17-15(8-14)13-9-18-20(3)10-13/h4-10H,1-3H3. The SMILES string of the molecule is Cc1ccc(Oc2ccnc(-c3cnn(C)c3)c2)c(C)n1. The van der Waals surface area contributed by atoms with Crippen LogP contribution in [0.5, 0.6) is 11.5 Å². The van der Waals surface area contributed by atoms with Gasteiger partial charge < -0.3 is 4.74 Å². The summed E-state index contributed by atoms with van der Waals surface area (Å²) in [7, 11) is 1.88. The van der Waals surface area contributed by atoms with Crippen LogP contribution >= 0.6 is 0 Å². The van der Waals surface area contributed by atoms with Crippen molar-refractivity contribution in [3.8, 4) is 22.8 Å². The van der Waals surface area contributed by atoms with Crippen LogP contribution in [0.1, 0.15) is 11.4 Å². The van der Waals surface area contributed by atoms with Gasteiger partial charge in [-0.2, -0.15) is 5.10 Å². The van der Waals surface area contributed by atoms with Crippen LogP contribution in [0.2, 0.25) is 0 Å². The molecule has 0 saturated heterocycles. The Labute approximate surface area is 123 Å². The Morgan fingerprint density at radius 1 is 1.14 bits per heavy atom. The van der Waals surface area contributed by atoms with Gasteiger partial charge in [-0.05, 0) is 32.0 Å². The molecule has 0 aliphatic carbocycles. The van der Waals surface area contributed by atoms with Crippen LogP contribution < -0.4 is 4.74 Å². The highest BCUT2D eigenvalue weighted by atomic mass is 16.5. The minimum atomic E-state index is 0.734. The van der Waals surface area contributed by atoms with Crippen molar-refractivity contribution in [2.24, 2.45) is 7.05 Å². The smallest absolute Gasteiger partial charge is 0.148 e. The number of pyridine rings is 2. The van der Waals surface area contributed by atoms with Crippen LogP contribution in [0, 0.1) is 13.8 Å².